The lowest BCUT2D eigenvalue weighted by molar-refractivity contribution is -0.142. The maximum atomic E-state index is 5.17. The van der Waals surface area contributed by atoms with Gasteiger partial charge in [0.05, 0.1) is 19.0 Å². The second-order valence-electron chi connectivity index (χ2n) is 3.44. The zero-order chi connectivity index (χ0) is 9.80. The number of hydrogen-bond acceptors (Lipinski definition) is 5. The number of hydroxylamine groups is 2. The normalized spacial score (nSPS) is 19.8. The van der Waals surface area contributed by atoms with Crippen LogP contribution in [0.3, 0.4) is 0 Å². The van der Waals surface area contributed by atoms with Crippen molar-refractivity contribution < 1.29 is 4.84 Å². The predicted molar refractivity (Wildman–Crippen MR) is 57.3 cm³/mol. The quantitative estimate of drug-likeness (QED) is 0.827. The molecule has 14 heavy (non-hydrogen) atoms. The van der Waals surface area contributed by atoms with E-state index in [1.807, 2.05) is 16.6 Å². The van der Waals surface area contributed by atoms with Crippen LogP contribution in [0.1, 0.15) is 12.8 Å². The van der Waals surface area contributed by atoms with Crippen LogP contribution < -0.4 is 5.32 Å². The van der Waals surface area contributed by atoms with Crippen molar-refractivity contribution >= 4 is 17.2 Å². The van der Waals surface area contributed by atoms with E-state index in [1.165, 1.54) is 11.5 Å². The smallest absolute Gasteiger partial charge is 0.0655 e. The van der Waals surface area contributed by atoms with Crippen LogP contribution in [0.25, 0.3) is 0 Å². The van der Waals surface area contributed by atoms with Gasteiger partial charge in [0.1, 0.15) is 0 Å². The SMILES string of the molecule is CON1CCC(Nc2cnsc2)CC1. The Bertz CT molecular complexity index is 257. The minimum absolute atomic E-state index is 0.567. The standard InChI is InChI=1S/C9H15N3OS/c1-13-12-4-2-8(3-5-12)11-9-6-10-14-7-9/h6-8,11H,2-5H2,1H3. The van der Waals surface area contributed by atoms with Gasteiger partial charge >= 0.3 is 0 Å². The average molecular weight is 213 g/mol. The Morgan fingerprint density at radius 2 is 2.36 bits per heavy atom. The molecule has 0 spiro atoms. The van der Waals surface area contributed by atoms with Gasteiger partial charge in [0.25, 0.3) is 0 Å². The van der Waals surface area contributed by atoms with Gasteiger partial charge in [-0.3, -0.25) is 0 Å². The van der Waals surface area contributed by atoms with Crippen LogP contribution in [0.2, 0.25) is 0 Å². The maximum absolute atomic E-state index is 5.17. The van der Waals surface area contributed by atoms with E-state index >= 15 is 0 Å². The molecule has 1 aliphatic heterocycles. The van der Waals surface area contributed by atoms with E-state index in [2.05, 4.69) is 9.69 Å². The van der Waals surface area contributed by atoms with Crippen LogP contribution in [0.15, 0.2) is 11.6 Å². The summed E-state index contributed by atoms with van der Waals surface area (Å²) in [7, 11) is 1.73. The van der Waals surface area contributed by atoms with Gasteiger partial charge in [-0.25, -0.2) is 0 Å². The second kappa shape index (κ2) is 4.72. The molecule has 1 saturated heterocycles. The van der Waals surface area contributed by atoms with Crippen LogP contribution in [-0.2, 0) is 4.84 Å². The molecule has 2 rings (SSSR count). The van der Waals surface area contributed by atoms with E-state index in [0.29, 0.717) is 6.04 Å². The van der Waals surface area contributed by atoms with Gasteiger partial charge in [-0.15, -0.1) is 0 Å². The third kappa shape index (κ3) is 2.43. The molecule has 1 fully saturated rings. The molecule has 0 aromatic carbocycles. The van der Waals surface area contributed by atoms with Gasteiger partial charge in [-0.1, -0.05) is 0 Å². The summed E-state index contributed by atoms with van der Waals surface area (Å²) in [6.45, 7) is 2.01. The molecule has 4 nitrogen and oxygen atoms in total. The summed E-state index contributed by atoms with van der Waals surface area (Å²) >= 11 is 1.49. The lowest BCUT2D eigenvalue weighted by Gasteiger charge is -2.30. The van der Waals surface area contributed by atoms with Crippen molar-refractivity contribution in [3.63, 3.8) is 0 Å². The second-order valence-corrected chi connectivity index (χ2v) is 4.10. The lowest BCUT2D eigenvalue weighted by atomic mass is 10.1. The Kier molecular flexibility index (Phi) is 3.34. The number of rotatable bonds is 3. The molecule has 0 aliphatic carbocycles. The summed E-state index contributed by atoms with van der Waals surface area (Å²) in [4.78, 5) is 5.17. The Balaban J connectivity index is 1.79. The van der Waals surface area contributed by atoms with Gasteiger partial charge in [0, 0.05) is 24.5 Å². The van der Waals surface area contributed by atoms with Crippen molar-refractivity contribution in [3.05, 3.63) is 11.6 Å². The molecule has 0 radical (unpaired) electrons. The molecule has 0 atom stereocenters. The summed E-state index contributed by atoms with van der Waals surface area (Å²) in [6, 6.07) is 0.567. The van der Waals surface area contributed by atoms with Crippen molar-refractivity contribution in [3.8, 4) is 0 Å². The van der Waals surface area contributed by atoms with Crippen molar-refractivity contribution in [2.24, 2.45) is 0 Å². The highest BCUT2D eigenvalue weighted by Crippen LogP contribution is 2.16. The Morgan fingerprint density at radius 3 is 2.93 bits per heavy atom. The number of piperidine rings is 1. The van der Waals surface area contributed by atoms with E-state index in [4.69, 9.17) is 4.84 Å². The Labute approximate surface area is 88.0 Å². The zero-order valence-electron chi connectivity index (χ0n) is 8.27. The van der Waals surface area contributed by atoms with E-state index in [9.17, 15) is 0 Å². The molecule has 1 N–H and O–H groups in total. The van der Waals surface area contributed by atoms with Gasteiger partial charge in [-0.05, 0) is 24.4 Å². The van der Waals surface area contributed by atoms with Gasteiger partial charge in [0.15, 0.2) is 0 Å². The van der Waals surface area contributed by atoms with Gasteiger partial charge in [0.2, 0.25) is 0 Å². The van der Waals surface area contributed by atoms with Crippen molar-refractivity contribution in [1.29, 1.82) is 0 Å². The molecule has 5 heteroatoms. The summed E-state index contributed by atoms with van der Waals surface area (Å²) in [5.41, 5.74) is 1.14. The minimum atomic E-state index is 0.567. The topological polar surface area (TPSA) is 37.4 Å². The van der Waals surface area contributed by atoms with E-state index in [-0.39, 0.29) is 0 Å². The zero-order valence-corrected chi connectivity index (χ0v) is 9.09. The first-order chi connectivity index (χ1) is 6.88. The van der Waals surface area contributed by atoms with Crippen molar-refractivity contribution in [2.75, 3.05) is 25.5 Å². The van der Waals surface area contributed by atoms with E-state index in [0.717, 1.165) is 31.6 Å². The van der Waals surface area contributed by atoms with E-state index in [1.54, 1.807) is 7.11 Å². The fraction of sp³-hybridized carbons (Fsp3) is 0.667. The van der Waals surface area contributed by atoms with Crippen LogP contribution in [0, 0.1) is 0 Å². The highest BCUT2D eigenvalue weighted by atomic mass is 32.1. The fourth-order valence-electron chi connectivity index (χ4n) is 1.69. The molecule has 78 valence electrons. The predicted octanol–water partition coefficient (Wildman–Crippen LogP) is 1.58. The fourth-order valence-corrected chi connectivity index (χ4v) is 2.17. The van der Waals surface area contributed by atoms with Crippen LogP contribution >= 0.6 is 11.5 Å². The summed E-state index contributed by atoms with van der Waals surface area (Å²) in [5.74, 6) is 0. The summed E-state index contributed by atoms with van der Waals surface area (Å²) in [5, 5.41) is 7.52. The number of aromatic nitrogens is 1. The lowest BCUT2D eigenvalue weighted by Crippen LogP contribution is -2.38. The molecule has 0 amide bonds. The van der Waals surface area contributed by atoms with Crippen molar-refractivity contribution in [1.82, 2.24) is 9.44 Å². The van der Waals surface area contributed by atoms with Gasteiger partial charge < -0.3 is 10.2 Å². The largest absolute Gasteiger partial charge is 0.380 e. The molecule has 1 aromatic heterocycles. The summed E-state index contributed by atoms with van der Waals surface area (Å²) < 4.78 is 4.06. The number of anilines is 1. The maximum Gasteiger partial charge on any atom is 0.0655 e. The molecule has 1 aliphatic rings. The first-order valence-corrected chi connectivity index (χ1v) is 5.67. The highest BCUT2D eigenvalue weighted by Gasteiger charge is 2.18. The number of nitrogens with zero attached hydrogens (tertiary/aromatic N) is 2. The average Bonchev–Trinajstić information content (AvgIpc) is 2.72. The van der Waals surface area contributed by atoms with Crippen LogP contribution in [0.4, 0.5) is 5.69 Å². The number of hydrogen-bond donors (Lipinski definition) is 1. The highest BCUT2D eigenvalue weighted by molar-refractivity contribution is 7.04. The first kappa shape index (κ1) is 9.89. The van der Waals surface area contributed by atoms with Crippen LogP contribution in [0.5, 0.6) is 0 Å². The van der Waals surface area contributed by atoms with E-state index < -0.39 is 0 Å². The summed E-state index contributed by atoms with van der Waals surface area (Å²) in [6.07, 6.45) is 4.14. The first-order valence-electron chi connectivity index (χ1n) is 4.83. The van der Waals surface area contributed by atoms with Gasteiger partial charge in [-0.2, -0.15) is 9.44 Å². The third-order valence-corrected chi connectivity index (χ3v) is 3.10. The molecule has 0 bridgehead atoms. The Hall–Kier alpha value is -0.650. The molecule has 1 aromatic rings. The third-order valence-electron chi connectivity index (χ3n) is 2.52. The molecule has 0 unspecified atom stereocenters. The Morgan fingerprint density at radius 1 is 1.57 bits per heavy atom. The minimum Gasteiger partial charge on any atom is -0.380 e. The number of nitrogens with one attached hydrogen (secondary N) is 1. The molecular weight excluding hydrogens is 198 g/mol. The molecular formula is C9H15N3OS. The van der Waals surface area contributed by atoms with Crippen LogP contribution in [-0.4, -0.2) is 35.7 Å². The molecule has 2 heterocycles. The molecule has 0 saturated carbocycles. The monoisotopic (exact) mass is 213 g/mol. The van der Waals surface area contributed by atoms with Crippen molar-refractivity contribution in [2.45, 2.75) is 18.9 Å².